The molecule has 6 nitrogen and oxygen atoms in total. The Balaban J connectivity index is 1.47. The molecule has 26 heavy (non-hydrogen) atoms. The first-order chi connectivity index (χ1) is 12.8. The molecule has 1 unspecified atom stereocenters. The molecule has 2 aliphatic heterocycles. The molecule has 0 spiro atoms. The molecular weight excluding hydrogens is 335 g/mol. The van der Waals surface area contributed by atoms with Crippen LogP contribution in [0.25, 0.3) is 11.4 Å². The Morgan fingerprint density at radius 1 is 1.31 bits per heavy atom. The Morgan fingerprint density at radius 2 is 2.27 bits per heavy atom. The third-order valence-corrected chi connectivity index (χ3v) is 5.04. The molecule has 2 fully saturated rings. The molecule has 0 aromatic carbocycles. The van der Waals surface area contributed by atoms with Gasteiger partial charge in [0.2, 0.25) is 0 Å². The Hall–Kier alpha value is -1.99. The van der Waals surface area contributed by atoms with Crippen molar-refractivity contribution in [3.05, 3.63) is 30.3 Å². The number of piperidine rings is 1. The van der Waals surface area contributed by atoms with Gasteiger partial charge in [0.05, 0.1) is 18.5 Å². The predicted octanol–water partition coefficient (Wildman–Crippen LogP) is 3.16. The van der Waals surface area contributed by atoms with Crippen molar-refractivity contribution in [1.82, 2.24) is 20.1 Å². The van der Waals surface area contributed by atoms with Crippen LogP contribution >= 0.6 is 0 Å². The summed E-state index contributed by atoms with van der Waals surface area (Å²) in [4.78, 5) is 4.31. The molecule has 0 bridgehead atoms. The molecule has 2 aromatic heterocycles. The molecule has 1 N–H and O–H groups in total. The van der Waals surface area contributed by atoms with Crippen LogP contribution in [0.3, 0.4) is 0 Å². The summed E-state index contributed by atoms with van der Waals surface area (Å²) in [5, 5.41) is 7.68. The minimum atomic E-state index is -0.401. The summed E-state index contributed by atoms with van der Waals surface area (Å²) >= 11 is 0. The lowest BCUT2D eigenvalue weighted by molar-refractivity contribution is -0.0384. The summed E-state index contributed by atoms with van der Waals surface area (Å²) in [6.45, 7) is 3.32. The number of nitrogens with zero attached hydrogens (tertiary/aromatic N) is 3. The molecule has 2 atom stereocenters. The highest BCUT2D eigenvalue weighted by atomic mass is 19.1. The van der Waals surface area contributed by atoms with Crippen molar-refractivity contribution >= 4 is 0 Å². The minimum Gasteiger partial charge on any atom is -0.492 e. The van der Waals surface area contributed by atoms with Gasteiger partial charge in [-0.25, -0.2) is 14.1 Å². The molecule has 0 saturated carbocycles. The van der Waals surface area contributed by atoms with Crippen molar-refractivity contribution in [2.45, 2.75) is 38.3 Å². The SMILES string of the molecule is Fc1cc(OC[C@@H]2CCCNC2)cnc1-c1ccnn1C1CCCCO1. The van der Waals surface area contributed by atoms with Gasteiger partial charge in [-0.3, -0.25) is 0 Å². The zero-order valence-electron chi connectivity index (χ0n) is 14.9. The maximum absolute atomic E-state index is 14.7. The van der Waals surface area contributed by atoms with E-state index in [1.807, 2.05) is 0 Å². The topological polar surface area (TPSA) is 61.2 Å². The van der Waals surface area contributed by atoms with Gasteiger partial charge in [-0.15, -0.1) is 0 Å². The van der Waals surface area contributed by atoms with E-state index in [4.69, 9.17) is 9.47 Å². The van der Waals surface area contributed by atoms with Crippen molar-refractivity contribution in [2.24, 2.45) is 5.92 Å². The summed E-state index contributed by atoms with van der Waals surface area (Å²) in [6.07, 6.45) is 8.43. The number of hydrogen-bond donors (Lipinski definition) is 1. The van der Waals surface area contributed by atoms with Gasteiger partial charge in [-0.2, -0.15) is 5.10 Å². The van der Waals surface area contributed by atoms with Crippen molar-refractivity contribution < 1.29 is 13.9 Å². The summed E-state index contributed by atoms with van der Waals surface area (Å²) in [6, 6.07) is 3.19. The zero-order chi connectivity index (χ0) is 17.8. The Kier molecular flexibility index (Phi) is 5.45. The summed E-state index contributed by atoms with van der Waals surface area (Å²) in [5.41, 5.74) is 0.917. The lowest BCUT2D eigenvalue weighted by Gasteiger charge is -2.24. The van der Waals surface area contributed by atoms with Gasteiger partial charge in [0.25, 0.3) is 0 Å². The van der Waals surface area contributed by atoms with E-state index in [0.717, 1.165) is 45.2 Å². The number of ether oxygens (including phenoxy) is 2. The molecule has 2 saturated heterocycles. The minimum absolute atomic E-state index is 0.148. The van der Waals surface area contributed by atoms with Crippen LogP contribution in [0.5, 0.6) is 5.75 Å². The second kappa shape index (κ2) is 8.14. The second-order valence-electron chi connectivity index (χ2n) is 7.01. The first kappa shape index (κ1) is 17.4. The molecule has 0 amide bonds. The van der Waals surface area contributed by atoms with Crippen molar-refractivity contribution in [2.75, 3.05) is 26.3 Å². The van der Waals surface area contributed by atoms with E-state index >= 15 is 0 Å². The van der Waals surface area contributed by atoms with Crippen LogP contribution in [0, 0.1) is 11.7 Å². The van der Waals surface area contributed by atoms with Crippen molar-refractivity contribution in [1.29, 1.82) is 0 Å². The highest BCUT2D eigenvalue weighted by Crippen LogP contribution is 2.29. The lowest BCUT2D eigenvalue weighted by atomic mass is 10.0. The fourth-order valence-corrected chi connectivity index (χ4v) is 3.62. The third-order valence-electron chi connectivity index (χ3n) is 5.04. The van der Waals surface area contributed by atoms with Crippen LogP contribution in [0.1, 0.15) is 38.3 Å². The molecule has 140 valence electrons. The molecule has 2 aromatic rings. The predicted molar refractivity (Wildman–Crippen MR) is 95.3 cm³/mol. The molecule has 0 radical (unpaired) electrons. The molecule has 7 heteroatoms. The Bertz CT molecular complexity index is 724. The number of halogens is 1. The van der Waals surface area contributed by atoms with Gasteiger partial charge >= 0.3 is 0 Å². The normalized spacial score (nSPS) is 23.7. The smallest absolute Gasteiger partial charge is 0.154 e. The van der Waals surface area contributed by atoms with E-state index in [-0.39, 0.29) is 11.9 Å². The standard InChI is InChI=1S/C19H25FN4O2/c20-16-10-15(26-13-14-4-3-7-21-11-14)12-22-19(16)17-6-8-23-24(17)18-5-1-2-9-25-18/h6,8,10,12,14,18,21H,1-5,7,9,11,13H2/t14-,18?/m1/s1. The fourth-order valence-electron chi connectivity index (χ4n) is 3.62. The van der Waals surface area contributed by atoms with E-state index < -0.39 is 5.82 Å². The number of aromatic nitrogens is 3. The van der Waals surface area contributed by atoms with Crippen LogP contribution in [0.4, 0.5) is 4.39 Å². The van der Waals surface area contributed by atoms with Gasteiger partial charge < -0.3 is 14.8 Å². The number of nitrogens with one attached hydrogen (secondary N) is 1. The fraction of sp³-hybridized carbons (Fsp3) is 0.579. The van der Waals surface area contributed by atoms with Gasteiger partial charge in [-0.05, 0) is 44.7 Å². The molecular formula is C19H25FN4O2. The van der Waals surface area contributed by atoms with Crippen LogP contribution in [0.2, 0.25) is 0 Å². The molecule has 2 aliphatic rings. The molecule has 0 aliphatic carbocycles. The molecule has 4 heterocycles. The Labute approximate surface area is 152 Å². The van der Waals surface area contributed by atoms with Crippen molar-refractivity contribution in [3.8, 4) is 17.1 Å². The highest BCUT2D eigenvalue weighted by Gasteiger charge is 2.22. The van der Waals surface area contributed by atoms with E-state index in [2.05, 4.69) is 15.4 Å². The van der Waals surface area contributed by atoms with Gasteiger partial charge in [0.1, 0.15) is 11.4 Å². The molecule has 4 rings (SSSR count). The summed E-state index contributed by atoms with van der Waals surface area (Å²) in [7, 11) is 0. The van der Waals surface area contributed by atoms with E-state index in [9.17, 15) is 4.39 Å². The average Bonchev–Trinajstić information content (AvgIpc) is 3.17. The first-order valence-corrected chi connectivity index (χ1v) is 9.46. The second-order valence-corrected chi connectivity index (χ2v) is 7.01. The van der Waals surface area contributed by atoms with E-state index in [0.29, 0.717) is 30.6 Å². The Morgan fingerprint density at radius 3 is 3.04 bits per heavy atom. The van der Waals surface area contributed by atoms with Crippen LogP contribution in [0.15, 0.2) is 24.5 Å². The largest absolute Gasteiger partial charge is 0.492 e. The number of pyridine rings is 1. The van der Waals surface area contributed by atoms with Crippen LogP contribution in [-0.2, 0) is 4.74 Å². The maximum atomic E-state index is 14.7. The van der Waals surface area contributed by atoms with Crippen LogP contribution in [-0.4, -0.2) is 41.1 Å². The highest BCUT2D eigenvalue weighted by molar-refractivity contribution is 5.55. The number of hydrogen-bond acceptors (Lipinski definition) is 5. The first-order valence-electron chi connectivity index (χ1n) is 9.46. The van der Waals surface area contributed by atoms with E-state index in [1.165, 1.54) is 6.07 Å². The quantitative estimate of drug-likeness (QED) is 0.887. The number of rotatable bonds is 5. The van der Waals surface area contributed by atoms with Crippen LogP contribution < -0.4 is 10.1 Å². The third kappa shape index (κ3) is 3.88. The maximum Gasteiger partial charge on any atom is 0.154 e. The summed E-state index contributed by atoms with van der Waals surface area (Å²) < 4.78 is 28.0. The van der Waals surface area contributed by atoms with Crippen molar-refractivity contribution in [3.63, 3.8) is 0 Å². The van der Waals surface area contributed by atoms with Gasteiger partial charge in [0.15, 0.2) is 12.0 Å². The van der Waals surface area contributed by atoms with Gasteiger partial charge in [-0.1, -0.05) is 0 Å². The van der Waals surface area contributed by atoms with E-state index in [1.54, 1.807) is 23.1 Å². The average molecular weight is 360 g/mol. The zero-order valence-corrected chi connectivity index (χ0v) is 14.9. The van der Waals surface area contributed by atoms with Gasteiger partial charge in [0, 0.05) is 31.3 Å². The monoisotopic (exact) mass is 360 g/mol. The lowest BCUT2D eigenvalue weighted by Crippen LogP contribution is -2.33. The summed E-state index contributed by atoms with van der Waals surface area (Å²) in [5.74, 6) is 0.537.